The molecule has 0 bridgehead atoms. The molecule has 1 aromatic heterocycles. The third-order valence-corrected chi connectivity index (χ3v) is 16.6. The zero-order valence-electron chi connectivity index (χ0n) is 31.1. The quantitative estimate of drug-likeness (QED) is 0.198. The van der Waals surface area contributed by atoms with E-state index in [9.17, 15) is 14.7 Å². The normalized spacial score (nSPS) is 23.8. The van der Waals surface area contributed by atoms with Crippen molar-refractivity contribution in [1.29, 1.82) is 0 Å². The Balaban J connectivity index is 1.28. The number of benzene rings is 4. The van der Waals surface area contributed by atoms with E-state index in [2.05, 4.69) is 37.2 Å². The van der Waals surface area contributed by atoms with Gasteiger partial charge < -0.3 is 24.4 Å². The van der Waals surface area contributed by atoms with E-state index >= 15 is 4.79 Å². The number of methoxy groups -OCH3 is 1. The molecule has 5 aromatic rings. The van der Waals surface area contributed by atoms with Gasteiger partial charge in [-0.05, 0) is 60.3 Å². The summed E-state index contributed by atoms with van der Waals surface area (Å²) in [7, 11) is -0.890. The summed E-state index contributed by atoms with van der Waals surface area (Å²) in [5.41, 5.74) is 1.02. The molecule has 2 fully saturated rings. The second-order valence-corrected chi connectivity index (χ2v) is 20.1. The number of carbonyl (C=O) groups excluding carboxylic acids is 2. The maximum Gasteiger partial charge on any atom is 0.279 e. The fourth-order valence-electron chi connectivity index (χ4n) is 9.47. The summed E-state index contributed by atoms with van der Waals surface area (Å²) in [4.78, 5) is 47.0. The number of hydrogen-bond acceptors (Lipinski definition) is 7. The van der Waals surface area contributed by atoms with E-state index in [0.717, 1.165) is 29.5 Å². The Kier molecular flexibility index (Phi) is 9.27. The molecule has 11 heteroatoms. The molecular formula is C43H46N4O6Si. The maximum absolute atomic E-state index is 15.4. The van der Waals surface area contributed by atoms with Crippen LogP contribution in [0.15, 0.2) is 108 Å². The average molecular weight is 743 g/mol. The molecule has 10 nitrogen and oxygen atoms in total. The van der Waals surface area contributed by atoms with Gasteiger partial charge in [0.1, 0.15) is 5.75 Å². The van der Waals surface area contributed by atoms with Gasteiger partial charge in [0.25, 0.3) is 11.5 Å². The molecule has 1 spiro atoms. The minimum absolute atomic E-state index is 0.0715. The summed E-state index contributed by atoms with van der Waals surface area (Å²) in [6.07, 6.45) is 2.78. The van der Waals surface area contributed by atoms with Gasteiger partial charge in [0.15, 0.2) is 5.60 Å². The highest BCUT2D eigenvalue weighted by Crippen LogP contribution is 2.60. The Morgan fingerprint density at radius 3 is 2.48 bits per heavy atom. The topological polar surface area (TPSA) is 114 Å². The van der Waals surface area contributed by atoms with Crippen molar-refractivity contribution < 1.29 is 24.2 Å². The minimum Gasteiger partial charge on any atom is -0.497 e. The first-order chi connectivity index (χ1) is 26.1. The number of rotatable bonds is 9. The second-order valence-electron chi connectivity index (χ2n) is 15.5. The highest BCUT2D eigenvalue weighted by Gasteiger charge is 2.66. The van der Waals surface area contributed by atoms with Crippen LogP contribution < -0.4 is 20.4 Å². The van der Waals surface area contributed by atoms with E-state index in [-0.39, 0.29) is 47.9 Å². The van der Waals surface area contributed by atoms with Gasteiger partial charge in [0.2, 0.25) is 5.91 Å². The van der Waals surface area contributed by atoms with Gasteiger partial charge in [-0.3, -0.25) is 14.4 Å². The number of amides is 2. The molecule has 8 rings (SSSR count). The number of likely N-dealkylation sites (tertiary alicyclic amines) is 1. The van der Waals surface area contributed by atoms with Gasteiger partial charge in [0.05, 0.1) is 69.9 Å². The third-order valence-electron chi connectivity index (χ3n) is 12.2. The number of fused-ring (bicyclic) bond motifs is 3. The van der Waals surface area contributed by atoms with Crippen LogP contribution in [-0.4, -0.2) is 72.1 Å². The number of aliphatic hydroxyl groups is 1. The van der Waals surface area contributed by atoms with E-state index in [1.807, 2.05) is 78.9 Å². The number of aromatic nitrogens is 2. The molecule has 2 saturated heterocycles. The van der Waals surface area contributed by atoms with Gasteiger partial charge in [-0.1, -0.05) is 85.9 Å². The van der Waals surface area contributed by atoms with Crippen molar-refractivity contribution in [1.82, 2.24) is 14.7 Å². The second kappa shape index (κ2) is 14.0. The van der Waals surface area contributed by atoms with Crippen LogP contribution in [0.25, 0.3) is 16.5 Å². The van der Waals surface area contributed by atoms with Gasteiger partial charge in [-0.2, -0.15) is 9.78 Å². The van der Waals surface area contributed by atoms with Crippen LogP contribution in [0.5, 0.6) is 5.75 Å². The zero-order chi connectivity index (χ0) is 37.8. The molecule has 54 heavy (non-hydrogen) atoms. The number of nitrogens with zero attached hydrogens (tertiary/aromatic N) is 4. The lowest BCUT2D eigenvalue weighted by atomic mass is 9.82. The largest absolute Gasteiger partial charge is 0.497 e. The molecule has 4 aromatic carbocycles. The van der Waals surface area contributed by atoms with Gasteiger partial charge >= 0.3 is 0 Å². The maximum atomic E-state index is 15.4. The van der Waals surface area contributed by atoms with E-state index < -0.39 is 19.8 Å². The first-order valence-electron chi connectivity index (χ1n) is 18.8. The first-order valence-corrected chi connectivity index (χ1v) is 21.9. The SMILES string of the molecule is COc1ccc([Si](C)(C)[C@H]2[C@H](CC(=O)N3CCC[C@H]3CO)O[C@@]3(C(=O)N(Cc4ccccc4)c4ccc(-n5ncc6ccccc6c5=O)cc43)[C@@H]2C)cc1. The van der Waals surface area contributed by atoms with Crippen molar-refractivity contribution in [2.45, 2.75) is 69.1 Å². The average Bonchev–Trinajstić information content (AvgIpc) is 3.86. The third kappa shape index (κ3) is 5.77. The van der Waals surface area contributed by atoms with Gasteiger partial charge in [-0.25, -0.2) is 0 Å². The molecule has 5 atom stereocenters. The highest BCUT2D eigenvalue weighted by atomic mass is 28.3. The molecular weight excluding hydrogens is 697 g/mol. The Labute approximate surface area is 315 Å². The van der Waals surface area contributed by atoms with Crippen molar-refractivity contribution >= 4 is 41.5 Å². The predicted molar refractivity (Wildman–Crippen MR) is 211 cm³/mol. The predicted octanol–water partition coefficient (Wildman–Crippen LogP) is 5.53. The van der Waals surface area contributed by atoms with Crippen LogP contribution >= 0.6 is 0 Å². The van der Waals surface area contributed by atoms with Gasteiger partial charge in [0, 0.05) is 23.4 Å². The molecule has 3 aliphatic heterocycles. The number of ether oxygens (including phenoxy) is 2. The molecule has 0 radical (unpaired) electrons. The van der Waals surface area contributed by atoms with Crippen molar-refractivity contribution in [3.63, 3.8) is 0 Å². The number of hydrogen-bond donors (Lipinski definition) is 1. The number of carbonyl (C=O) groups is 2. The standard InChI is InChI=1S/C43H46N4O6Si/c1-28-40(54(3,4)34-19-17-33(52-2)18-20-34)38(24-39(49)45-22-10-14-32(45)27-48)53-43(28)36-23-31(47-41(50)35-15-9-8-13-30(35)25-44-47)16-21-37(36)46(42(43)51)26-29-11-6-5-7-12-29/h5-9,11-13,15-21,23,25,28,32,38,40,48H,10,14,22,24,26-27H2,1-4H3/t28-,32+,38+,40-,43+/m1/s1. The summed E-state index contributed by atoms with van der Waals surface area (Å²) in [5.74, 6) is 0.152. The van der Waals surface area contributed by atoms with E-state index in [1.54, 1.807) is 29.2 Å². The molecule has 0 aliphatic carbocycles. The molecule has 4 heterocycles. The zero-order valence-corrected chi connectivity index (χ0v) is 32.1. The lowest BCUT2D eigenvalue weighted by Gasteiger charge is -2.37. The van der Waals surface area contributed by atoms with E-state index in [0.29, 0.717) is 35.4 Å². The summed E-state index contributed by atoms with van der Waals surface area (Å²) < 4.78 is 14.2. The van der Waals surface area contributed by atoms with Crippen molar-refractivity contribution in [3.8, 4) is 11.4 Å². The highest BCUT2D eigenvalue weighted by molar-refractivity contribution is 6.91. The smallest absolute Gasteiger partial charge is 0.279 e. The summed E-state index contributed by atoms with van der Waals surface area (Å²) >= 11 is 0. The monoisotopic (exact) mass is 742 g/mol. The molecule has 3 aliphatic rings. The number of anilines is 1. The van der Waals surface area contributed by atoms with Crippen molar-refractivity contribution in [2.24, 2.45) is 5.92 Å². The molecule has 0 unspecified atom stereocenters. The van der Waals surface area contributed by atoms with Crippen LogP contribution in [0.1, 0.15) is 37.3 Å². The summed E-state index contributed by atoms with van der Waals surface area (Å²) in [5, 5.41) is 17.1. The fraction of sp³-hybridized carbons (Fsp3) is 0.349. The molecule has 1 N–H and O–H groups in total. The van der Waals surface area contributed by atoms with Crippen LogP contribution in [0, 0.1) is 5.92 Å². The fourth-order valence-corrected chi connectivity index (χ4v) is 13.5. The van der Waals surface area contributed by atoms with Crippen molar-refractivity contribution in [3.05, 3.63) is 125 Å². The summed E-state index contributed by atoms with van der Waals surface area (Å²) in [6.45, 7) is 7.51. The lowest BCUT2D eigenvalue weighted by molar-refractivity contribution is -0.150. The van der Waals surface area contributed by atoms with Crippen molar-refractivity contribution in [2.75, 3.05) is 25.2 Å². The first kappa shape index (κ1) is 35.9. The Bertz CT molecular complexity index is 2280. The number of aliphatic hydroxyl groups excluding tert-OH is 1. The molecule has 2 amide bonds. The van der Waals surface area contributed by atoms with Crippen LogP contribution in [0.2, 0.25) is 18.6 Å². The van der Waals surface area contributed by atoms with E-state index in [4.69, 9.17) is 9.47 Å². The molecule has 0 saturated carbocycles. The van der Waals surface area contributed by atoms with Crippen LogP contribution in [0.3, 0.4) is 0 Å². The Hall–Kier alpha value is -5.10. The Morgan fingerprint density at radius 2 is 1.74 bits per heavy atom. The van der Waals surface area contributed by atoms with Gasteiger partial charge in [-0.15, -0.1) is 0 Å². The molecule has 278 valence electrons. The lowest BCUT2D eigenvalue weighted by Crippen LogP contribution is -2.52. The van der Waals surface area contributed by atoms with E-state index in [1.165, 1.54) is 9.87 Å². The summed E-state index contributed by atoms with van der Waals surface area (Å²) in [6, 6.07) is 30.8. The minimum atomic E-state index is -2.54. The van der Waals surface area contributed by atoms with Crippen LogP contribution in [-0.2, 0) is 26.5 Å². The Morgan fingerprint density at radius 1 is 1.00 bits per heavy atom. The van der Waals surface area contributed by atoms with Crippen LogP contribution in [0.4, 0.5) is 5.69 Å².